The highest BCUT2D eigenvalue weighted by Crippen LogP contribution is 2.23. The Morgan fingerprint density at radius 3 is 2.64 bits per heavy atom. The molecule has 0 saturated carbocycles. The molecule has 0 aliphatic carbocycles. The largest absolute Gasteiger partial charge is 0.339 e. The molecule has 0 spiro atoms. The van der Waals surface area contributed by atoms with Crippen molar-refractivity contribution < 1.29 is 9.32 Å². The first-order valence-electron chi connectivity index (χ1n) is 7.66. The average Bonchev–Trinajstić information content (AvgIpc) is 3.05. The molecule has 128 valence electrons. The number of hydrogen-bond donors (Lipinski definition) is 1. The van der Waals surface area contributed by atoms with E-state index in [2.05, 4.69) is 15.5 Å². The molecule has 0 aliphatic rings. The summed E-state index contributed by atoms with van der Waals surface area (Å²) in [4.78, 5) is 16.4. The molecule has 7 heteroatoms. The fourth-order valence-electron chi connectivity index (χ4n) is 2.23. The summed E-state index contributed by atoms with van der Waals surface area (Å²) in [7, 11) is 0. The molecule has 3 rings (SSSR count). The predicted molar refractivity (Wildman–Crippen MR) is 97.9 cm³/mol. The molecule has 25 heavy (non-hydrogen) atoms. The second-order valence-corrected chi connectivity index (χ2v) is 6.39. The topological polar surface area (TPSA) is 68.0 Å². The van der Waals surface area contributed by atoms with Gasteiger partial charge in [0.15, 0.2) is 0 Å². The lowest BCUT2D eigenvalue weighted by Gasteiger charge is -2.07. The Kier molecular flexibility index (Phi) is 5.36. The minimum atomic E-state index is -0.169. The van der Waals surface area contributed by atoms with E-state index in [9.17, 15) is 4.79 Å². The maximum atomic E-state index is 12.1. The number of hydrogen-bond acceptors (Lipinski definition) is 4. The van der Waals surface area contributed by atoms with Gasteiger partial charge in [0, 0.05) is 23.4 Å². The fourth-order valence-corrected chi connectivity index (χ4v) is 2.64. The second-order valence-electron chi connectivity index (χ2n) is 5.55. The Morgan fingerprint density at radius 2 is 1.92 bits per heavy atom. The lowest BCUT2D eigenvalue weighted by molar-refractivity contribution is -0.116. The van der Waals surface area contributed by atoms with Crippen molar-refractivity contribution in [2.75, 3.05) is 5.32 Å². The SMILES string of the molecule is Cc1ccc(NC(=O)CCc2nc(-c3ccc(Cl)cc3)no2)c(Cl)c1. The zero-order valence-electron chi connectivity index (χ0n) is 13.4. The number of benzene rings is 2. The third-order valence-corrected chi connectivity index (χ3v) is 4.10. The minimum absolute atomic E-state index is 0.169. The van der Waals surface area contributed by atoms with Gasteiger partial charge < -0.3 is 9.84 Å². The van der Waals surface area contributed by atoms with Crippen LogP contribution in [0.4, 0.5) is 5.69 Å². The van der Waals surface area contributed by atoms with Crippen LogP contribution < -0.4 is 5.32 Å². The van der Waals surface area contributed by atoms with Crippen LogP contribution in [0.3, 0.4) is 0 Å². The molecule has 0 aliphatic heterocycles. The Labute approximate surface area is 155 Å². The van der Waals surface area contributed by atoms with Gasteiger partial charge in [-0.1, -0.05) is 34.4 Å². The zero-order chi connectivity index (χ0) is 17.8. The van der Waals surface area contributed by atoms with E-state index in [-0.39, 0.29) is 12.3 Å². The highest BCUT2D eigenvalue weighted by molar-refractivity contribution is 6.33. The van der Waals surface area contributed by atoms with Crippen molar-refractivity contribution in [1.82, 2.24) is 10.1 Å². The summed E-state index contributed by atoms with van der Waals surface area (Å²) in [6.45, 7) is 1.94. The molecule has 3 aromatic rings. The Balaban J connectivity index is 1.58. The van der Waals surface area contributed by atoms with E-state index in [4.69, 9.17) is 27.7 Å². The van der Waals surface area contributed by atoms with Crippen molar-refractivity contribution in [3.63, 3.8) is 0 Å². The van der Waals surface area contributed by atoms with Crippen LogP contribution in [0.5, 0.6) is 0 Å². The number of carbonyl (C=O) groups excluding carboxylic acids is 1. The Bertz CT molecular complexity index is 892. The molecule has 5 nitrogen and oxygen atoms in total. The number of amides is 1. The standard InChI is InChI=1S/C18H15Cl2N3O2/c1-11-2-7-15(14(20)10-11)21-16(24)8-9-17-22-18(23-25-17)12-3-5-13(19)6-4-12/h2-7,10H,8-9H2,1H3,(H,21,24). The number of carbonyl (C=O) groups is 1. The van der Waals surface area contributed by atoms with Gasteiger partial charge >= 0.3 is 0 Å². The fraction of sp³-hybridized carbons (Fsp3) is 0.167. The first-order valence-corrected chi connectivity index (χ1v) is 8.41. The van der Waals surface area contributed by atoms with Crippen LogP contribution in [-0.4, -0.2) is 16.0 Å². The number of anilines is 1. The van der Waals surface area contributed by atoms with Gasteiger partial charge in [-0.25, -0.2) is 0 Å². The van der Waals surface area contributed by atoms with Crippen LogP contribution in [-0.2, 0) is 11.2 Å². The monoisotopic (exact) mass is 375 g/mol. The van der Waals surface area contributed by atoms with Gasteiger partial charge in [-0.05, 0) is 48.9 Å². The highest BCUT2D eigenvalue weighted by atomic mass is 35.5. The van der Waals surface area contributed by atoms with Gasteiger partial charge in [0.05, 0.1) is 10.7 Å². The van der Waals surface area contributed by atoms with Crippen LogP contribution in [0.25, 0.3) is 11.4 Å². The van der Waals surface area contributed by atoms with Gasteiger partial charge in [-0.3, -0.25) is 4.79 Å². The summed E-state index contributed by atoms with van der Waals surface area (Å²) in [6.07, 6.45) is 0.558. The van der Waals surface area contributed by atoms with Gasteiger partial charge in [-0.2, -0.15) is 4.98 Å². The molecular formula is C18H15Cl2N3O2. The van der Waals surface area contributed by atoms with Crippen molar-refractivity contribution in [2.45, 2.75) is 19.8 Å². The van der Waals surface area contributed by atoms with E-state index in [1.54, 1.807) is 24.3 Å². The van der Waals surface area contributed by atoms with E-state index in [0.29, 0.717) is 33.9 Å². The predicted octanol–water partition coefficient (Wildman–Crippen LogP) is 4.92. The van der Waals surface area contributed by atoms with Crippen LogP contribution in [0, 0.1) is 6.92 Å². The Hall–Kier alpha value is -2.37. The minimum Gasteiger partial charge on any atom is -0.339 e. The van der Waals surface area contributed by atoms with Gasteiger partial charge in [0.1, 0.15) is 0 Å². The highest BCUT2D eigenvalue weighted by Gasteiger charge is 2.12. The quantitative estimate of drug-likeness (QED) is 0.686. The molecule has 0 radical (unpaired) electrons. The molecular weight excluding hydrogens is 361 g/mol. The molecule has 2 aromatic carbocycles. The normalized spacial score (nSPS) is 10.7. The number of nitrogens with zero attached hydrogens (tertiary/aromatic N) is 2. The number of nitrogens with one attached hydrogen (secondary N) is 1. The third kappa shape index (κ3) is 4.59. The van der Waals surface area contributed by atoms with E-state index in [1.165, 1.54) is 0 Å². The molecule has 1 N–H and O–H groups in total. The van der Waals surface area contributed by atoms with Crippen LogP contribution >= 0.6 is 23.2 Å². The van der Waals surface area contributed by atoms with Gasteiger partial charge in [0.2, 0.25) is 17.6 Å². The third-order valence-electron chi connectivity index (χ3n) is 3.54. The number of aromatic nitrogens is 2. The number of aryl methyl sites for hydroxylation is 2. The second kappa shape index (κ2) is 7.68. The average molecular weight is 376 g/mol. The van der Waals surface area contributed by atoms with E-state index in [0.717, 1.165) is 11.1 Å². The first-order chi connectivity index (χ1) is 12.0. The molecule has 0 bridgehead atoms. The molecule has 1 amide bonds. The molecule has 0 fully saturated rings. The molecule has 1 aromatic heterocycles. The van der Waals surface area contributed by atoms with E-state index < -0.39 is 0 Å². The van der Waals surface area contributed by atoms with E-state index in [1.807, 2.05) is 25.1 Å². The number of rotatable bonds is 5. The van der Waals surface area contributed by atoms with Crippen molar-refractivity contribution in [3.05, 3.63) is 64.0 Å². The first kappa shape index (κ1) is 17.5. The summed E-state index contributed by atoms with van der Waals surface area (Å²) < 4.78 is 5.19. The van der Waals surface area contributed by atoms with Gasteiger partial charge in [0.25, 0.3) is 0 Å². The lowest BCUT2D eigenvalue weighted by atomic mass is 10.2. The molecule has 0 unspecified atom stereocenters. The summed E-state index contributed by atoms with van der Waals surface area (Å²) in [5, 5.41) is 7.85. The smallest absolute Gasteiger partial charge is 0.227 e. The number of halogens is 2. The Morgan fingerprint density at radius 1 is 1.16 bits per heavy atom. The lowest BCUT2D eigenvalue weighted by Crippen LogP contribution is -2.12. The zero-order valence-corrected chi connectivity index (χ0v) is 14.9. The van der Waals surface area contributed by atoms with Crippen LogP contribution in [0.15, 0.2) is 47.0 Å². The van der Waals surface area contributed by atoms with Crippen molar-refractivity contribution in [2.24, 2.45) is 0 Å². The maximum Gasteiger partial charge on any atom is 0.227 e. The van der Waals surface area contributed by atoms with Crippen LogP contribution in [0.1, 0.15) is 17.9 Å². The summed E-state index contributed by atoms with van der Waals surface area (Å²) in [5.41, 5.74) is 2.42. The summed E-state index contributed by atoms with van der Waals surface area (Å²) in [5.74, 6) is 0.695. The molecule has 0 atom stereocenters. The maximum absolute atomic E-state index is 12.1. The summed E-state index contributed by atoms with van der Waals surface area (Å²) in [6, 6.07) is 12.6. The van der Waals surface area contributed by atoms with E-state index >= 15 is 0 Å². The summed E-state index contributed by atoms with van der Waals surface area (Å²) >= 11 is 12.0. The van der Waals surface area contributed by atoms with Crippen LogP contribution in [0.2, 0.25) is 10.0 Å². The van der Waals surface area contributed by atoms with Gasteiger partial charge in [-0.15, -0.1) is 0 Å². The van der Waals surface area contributed by atoms with Crippen molar-refractivity contribution in [3.8, 4) is 11.4 Å². The molecule has 1 heterocycles. The van der Waals surface area contributed by atoms with Crippen molar-refractivity contribution in [1.29, 1.82) is 0 Å². The van der Waals surface area contributed by atoms with Crippen molar-refractivity contribution >= 4 is 34.8 Å². The molecule has 0 saturated heterocycles.